The number of benzene rings is 7. The van der Waals surface area contributed by atoms with Gasteiger partial charge in [-0.1, -0.05) is 151 Å². The van der Waals surface area contributed by atoms with Crippen LogP contribution < -0.4 is 85.5 Å². The van der Waals surface area contributed by atoms with E-state index in [2.05, 4.69) is 58.6 Å². The molecule has 0 saturated carbocycles. The van der Waals surface area contributed by atoms with Gasteiger partial charge < -0.3 is 93.1 Å². The summed E-state index contributed by atoms with van der Waals surface area (Å²) >= 11 is 0. The molecule has 34 heteroatoms. The average molecular weight is 1710 g/mol. The number of carbonyl (C=O) groups excluding carboxylic acids is 11. The van der Waals surface area contributed by atoms with E-state index in [4.69, 9.17) is 31.6 Å². The fourth-order valence-electron chi connectivity index (χ4n) is 15.1. The molecule has 0 aromatic heterocycles. The molecule has 0 aliphatic carbocycles. The van der Waals surface area contributed by atoms with Crippen molar-refractivity contribution in [1.29, 1.82) is 0 Å². The highest BCUT2D eigenvalue weighted by Gasteiger charge is 2.50. The molecule has 6 heterocycles. The smallest absolute Gasteiger partial charge is 0.328 e. The normalized spacial score (nSPS) is 21.1. The highest BCUT2D eigenvalue weighted by molar-refractivity contribution is 6.03. The fourth-order valence-corrected chi connectivity index (χ4v) is 15.1. The molecule has 2 saturated heterocycles. The molecule has 18 N–H and O–H groups in total. The Morgan fingerprint density at radius 3 is 1.62 bits per heavy atom. The molecule has 124 heavy (non-hydrogen) atoms. The number of methoxy groups -OCH3 is 1. The summed E-state index contributed by atoms with van der Waals surface area (Å²) in [7, 11) is 4.33. The first kappa shape index (κ1) is 93.5. The zero-order valence-electron chi connectivity index (χ0n) is 71.4. The van der Waals surface area contributed by atoms with Crippen LogP contribution in [0, 0.1) is 28.4 Å². The second-order valence-corrected chi connectivity index (χ2v) is 33.7. The maximum absolute atomic E-state index is 15.7. The van der Waals surface area contributed by atoms with Gasteiger partial charge >= 0.3 is 5.97 Å². The number of likely N-dealkylation sites (N-methyl/N-ethyl adjacent to an activating group) is 2. The van der Waals surface area contributed by atoms with Crippen molar-refractivity contribution in [2.75, 3.05) is 47.5 Å². The predicted octanol–water partition coefficient (Wildman–Crippen LogP) is 3.70. The molecule has 0 spiro atoms. The summed E-state index contributed by atoms with van der Waals surface area (Å²) in [5.74, 6) is 0.0295. The molecule has 0 radical (unpaired) electrons. The third kappa shape index (κ3) is 24.3. The van der Waals surface area contributed by atoms with Crippen molar-refractivity contribution < 1.29 is 80.8 Å². The second kappa shape index (κ2) is 41.9. The zero-order chi connectivity index (χ0) is 90.0. The summed E-state index contributed by atoms with van der Waals surface area (Å²) in [6.45, 7) is 12.5. The molecule has 6 aliphatic rings. The zero-order valence-corrected chi connectivity index (χ0v) is 71.4. The van der Waals surface area contributed by atoms with Crippen molar-refractivity contribution in [3.63, 3.8) is 0 Å². The monoisotopic (exact) mass is 1710 g/mol. The SMILES string of the molecule is CN[C@@H](C)C(=O)N[C@H](C(=O)N1CC[C@@H]2[C@H]1C(=O)N[C@@H](Cc1ccc3ccccc3c1)C(=O)N[C@H](C(=O)OC)Cc1ccc(cc1)OCC(NN)=CN[C@@H]1CCN(C(=O)[C@@H](NC(=O)[C@H](C)NC)C(C)(C)C)[C@@H]1C(=O)NC(=O)C[C@@H](Cc1ccc3ccccc3c1)C(=O)N[C@H](C(=O)NCc1cc(F)c(O)c(F)c1)Cc1ccc(cc1)OCC(N)=CN2N)C(C)(C)C. The molecule has 7 aromatic rings. The van der Waals surface area contributed by atoms with Crippen LogP contribution >= 0.6 is 0 Å². The first-order valence-electron chi connectivity index (χ1n) is 41.1. The second-order valence-electron chi connectivity index (χ2n) is 33.7. The van der Waals surface area contributed by atoms with Crippen LogP contribution in [0.15, 0.2) is 169 Å². The highest BCUT2D eigenvalue weighted by atomic mass is 19.1. The third-order valence-electron chi connectivity index (χ3n) is 22.4. The number of hydrogen-bond acceptors (Lipinski definition) is 23. The van der Waals surface area contributed by atoms with E-state index in [1.54, 1.807) is 130 Å². The van der Waals surface area contributed by atoms with Gasteiger partial charge in [0.05, 0.1) is 48.6 Å². The number of phenolic OH excluding ortho intramolecular Hbond substituents is 1. The van der Waals surface area contributed by atoms with Gasteiger partial charge in [-0.2, -0.15) is 0 Å². The number of nitrogens with two attached hydrogens (primary N) is 3. The third-order valence-corrected chi connectivity index (χ3v) is 22.4. The van der Waals surface area contributed by atoms with Gasteiger partial charge in [0.15, 0.2) is 17.4 Å². The molecule has 662 valence electrons. The van der Waals surface area contributed by atoms with Gasteiger partial charge in [-0.25, -0.2) is 19.4 Å². The number of ether oxygens (including phenoxy) is 3. The van der Waals surface area contributed by atoms with Crippen molar-refractivity contribution in [1.82, 2.24) is 73.4 Å². The maximum atomic E-state index is 15.7. The molecular formula is C90H113F2N17O15. The first-order chi connectivity index (χ1) is 58.9. The lowest BCUT2D eigenvalue weighted by molar-refractivity contribution is -0.146. The summed E-state index contributed by atoms with van der Waals surface area (Å²) in [6.07, 6.45) is 1.55. The van der Waals surface area contributed by atoms with E-state index in [0.717, 1.165) is 40.8 Å². The lowest BCUT2D eigenvalue weighted by Gasteiger charge is -2.38. The van der Waals surface area contributed by atoms with Crippen molar-refractivity contribution >= 4 is 86.6 Å². The Bertz CT molecular complexity index is 5100. The van der Waals surface area contributed by atoms with Crippen LogP contribution in [-0.2, 0) is 89.7 Å². The molecule has 4 bridgehead atoms. The van der Waals surface area contributed by atoms with Gasteiger partial charge in [-0.3, -0.25) is 59.1 Å². The molecule has 6 aliphatic heterocycles. The predicted molar refractivity (Wildman–Crippen MR) is 460 cm³/mol. The lowest BCUT2D eigenvalue weighted by atomic mass is 9.85. The molecule has 7 aromatic carbocycles. The number of imide groups is 1. The maximum Gasteiger partial charge on any atom is 0.328 e. The molecule has 12 atom stereocenters. The Labute approximate surface area is 718 Å². The Kier molecular flexibility index (Phi) is 31.6. The van der Waals surface area contributed by atoms with E-state index in [1.165, 1.54) is 27.2 Å². The summed E-state index contributed by atoms with van der Waals surface area (Å²) < 4.78 is 47.2. The van der Waals surface area contributed by atoms with Crippen LogP contribution in [0.5, 0.6) is 17.2 Å². The van der Waals surface area contributed by atoms with Crippen LogP contribution in [0.1, 0.15) is 102 Å². The minimum Gasteiger partial charge on any atom is -0.503 e. The van der Waals surface area contributed by atoms with Gasteiger partial charge in [0.2, 0.25) is 53.2 Å². The summed E-state index contributed by atoms with van der Waals surface area (Å²) in [5, 5.41) is 42.8. The van der Waals surface area contributed by atoms with Crippen molar-refractivity contribution in [2.45, 2.75) is 173 Å². The number of hydrazine groups is 2. The Balaban J connectivity index is 1.03. The summed E-state index contributed by atoms with van der Waals surface area (Å²) in [4.78, 5) is 165. The topological polar surface area (TPSA) is 456 Å². The standard InChI is InChI=1S/C90H113F2N17O15/c1-50(96-9)79(112)104-77(89(3,4)5)86(119)107-34-32-68-74(107)84(117)103-73(110)44-61(38-54-20-26-57-16-12-14-18-59(57)36-54)81(114)100-69(82(115)99-45-56-39-66(91)76(111)67(92)40-56)41-52-22-28-64(29-23-52)123-48-62(93)47-109(95)72-33-35-108(87(120)78(90(6,7)8)105-80(113)51(2)97-10)75(72)85(118)101-70(43-55-21-27-58-17-13-15-19-60(58)37-55)83(116)102-71(88(121)122-11)42-53-24-30-65(31-25-53)124-49-63(106-94)46-98-68/h12-31,36-37,39-40,46-47,50-51,61,68-72,74-75,77-78,96-98,106,111H,32-35,38,41-45,48-49,93-95H2,1-11H3,(H,99,115)(H,100,114)(H,101,118)(H,102,116)(H,104,112)(H,105,113)(H,103,110,117)/t50-,51-,61+,68+,69-,70-,71-,72+,74-,75-,77+,78+/m0/s1. The molecule has 10 amide bonds. The number of amides is 10. The number of phenols is 1. The number of aromatic hydroxyl groups is 1. The van der Waals surface area contributed by atoms with Gasteiger partial charge in [0, 0.05) is 57.7 Å². The van der Waals surface area contributed by atoms with E-state index < -0.39 is 179 Å². The minimum atomic E-state index is -1.50. The minimum absolute atomic E-state index is 0.0119. The molecule has 13 rings (SSSR count). The van der Waals surface area contributed by atoms with Crippen molar-refractivity contribution in [2.24, 2.45) is 34.2 Å². The van der Waals surface area contributed by atoms with E-state index in [9.17, 15) is 37.9 Å². The van der Waals surface area contributed by atoms with Gasteiger partial charge in [0.1, 0.15) is 67.0 Å². The van der Waals surface area contributed by atoms with E-state index >= 15 is 28.8 Å². The van der Waals surface area contributed by atoms with E-state index in [-0.39, 0.29) is 87.5 Å². The Hall–Kier alpha value is -12.8. The van der Waals surface area contributed by atoms with Gasteiger partial charge in [-0.05, 0) is 144 Å². The number of carbonyl (C=O) groups is 11. The van der Waals surface area contributed by atoms with Crippen LogP contribution in [0.3, 0.4) is 0 Å². The highest BCUT2D eigenvalue weighted by Crippen LogP contribution is 2.32. The number of esters is 1. The number of nitrogens with zero attached hydrogens (tertiary/aromatic N) is 3. The number of halogens is 2. The summed E-state index contributed by atoms with van der Waals surface area (Å²) in [6, 6.07) is 27.1. The Morgan fingerprint density at radius 2 is 1.10 bits per heavy atom. The van der Waals surface area contributed by atoms with Crippen LogP contribution in [0.25, 0.3) is 21.5 Å². The van der Waals surface area contributed by atoms with Crippen LogP contribution in [0.4, 0.5) is 8.78 Å². The van der Waals surface area contributed by atoms with Crippen molar-refractivity contribution in [3.05, 3.63) is 209 Å². The molecule has 0 unspecified atom stereocenters. The summed E-state index contributed by atoms with van der Waals surface area (Å²) in [5.41, 5.74) is 9.68. The Morgan fingerprint density at radius 1 is 0.597 bits per heavy atom. The number of likely N-dealkylation sites (tertiary alicyclic amines) is 2. The van der Waals surface area contributed by atoms with Crippen LogP contribution in [0.2, 0.25) is 0 Å². The average Bonchev–Trinajstić information content (AvgIpc) is 1.66. The molecule has 2 fully saturated rings. The quantitative estimate of drug-likeness (QED) is 0.0267. The number of nitrogens with one attached hydrogen (secondary N) is 11. The number of hydrogen-bond donors (Lipinski definition) is 15. The lowest BCUT2D eigenvalue weighted by Crippen LogP contribution is -2.63. The van der Waals surface area contributed by atoms with Gasteiger partial charge in [0.25, 0.3) is 5.91 Å². The fraction of sp³-hybridized carbons (Fsp3) is 0.411. The number of fused-ring (bicyclic) bond motifs is 2. The van der Waals surface area contributed by atoms with E-state index in [1.807, 2.05) is 72.8 Å². The largest absolute Gasteiger partial charge is 0.503 e. The van der Waals surface area contributed by atoms with Crippen molar-refractivity contribution in [3.8, 4) is 17.2 Å². The molecular weight excluding hydrogens is 1600 g/mol. The number of rotatable bonds is 17. The van der Waals surface area contributed by atoms with Gasteiger partial charge in [-0.15, -0.1) is 0 Å². The van der Waals surface area contributed by atoms with Crippen LogP contribution in [-0.4, -0.2) is 199 Å². The molecule has 32 nitrogen and oxygen atoms in total. The van der Waals surface area contributed by atoms with E-state index in [0.29, 0.717) is 28.0 Å². The first-order valence-corrected chi connectivity index (χ1v) is 41.1.